The number of carbonyl (C=O) groups is 2. The third-order valence-electron chi connectivity index (χ3n) is 4.40. The Labute approximate surface area is 200 Å². The van der Waals surface area contributed by atoms with Crippen LogP contribution in [0.3, 0.4) is 0 Å². The molecule has 0 atom stereocenters. The van der Waals surface area contributed by atoms with Crippen LogP contribution in [0.15, 0.2) is 82.0 Å². The first-order valence-corrected chi connectivity index (χ1v) is 10.5. The zero-order valence-corrected chi connectivity index (χ0v) is 19.4. The first-order valence-electron chi connectivity index (χ1n) is 9.69. The van der Waals surface area contributed by atoms with Crippen molar-refractivity contribution in [3.8, 4) is 0 Å². The Hall–Kier alpha value is -3.89. The first kappa shape index (κ1) is 23.8. The Morgan fingerprint density at radius 3 is 1.45 bits per heavy atom. The Morgan fingerprint density at radius 2 is 1.09 bits per heavy atom. The monoisotopic (exact) mass is 480 g/mol. The maximum Gasteiger partial charge on any atom is 0.305 e. The number of amides is 2. The van der Waals surface area contributed by atoms with Gasteiger partial charge >= 0.3 is 11.8 Å². The molecule has 3 aromatic rings. The van der Waals surface area contributed by atoms with Gasteiger partial charge in [0.2, 0.25) is 0 Å². The summed E-state index contributed by atoms with van der Waals surface area (Å²) in [6.45, 7) is 0. The summed E-state index contributed by atoms with van der Waals surface area (Å²) in [5.74, 6) is -2.17. The second kappa shape index (κ2) is 10.6. The molecule has 2 amide bonds. The van der Waals surface area contributed by atoms with E-state index in [0.29, 0.717) is 9.98 Å². The van der Waals surface area contributed by atoms with Gasteiger partial charge in [0, 0.05) is 37.4 Å². The van der Waals surface area contributed by atoms with E-state index in [1.54, 1.807) is 38.4 Å². The molecule has 0 spiro atoms. The van der Waals surface area contributed by atoms with Gasteiger partial charge in [0.1, 0.15) is 9.98 Å². The van der Waals surface area contributed by atoms with E-state index >= 15 is 0 Å². The molecule has 168 valence electrons. The van der Waals surface area contributed by atoms with Gasteiger partial charge in [0.15, 0.2) is 16.9 Å². The van der Waals surface area contributed by atoms with Crippen LogP contribution in [0.25, 0.3) is 0 Å². The van der Waals surface area contributed by atoms with Crippen molar-refractivity contribution in [1.82, 2.24) is 20.9 Å². The summed E-state index contributed by atoms with van der Waals surface area (Å²) in [5.41, 5.74) is 5.93. The van der Waals surface area contributed by atoms with Crippen molar-refractivity contribution < 1.29 is 14.0 Å². The van der Waals surface area contributed by atoms with Crippen LogP contribution < -0.4 is 16.3 Å². The smallest absolute Gasteiger partial charge is 0.305 e. The van der Waals surface area contributed by atoms with E-state index in [-0.39, 0.29) is 11.5 Å². The molecule has 8 nitrogen and oxygen atoms in total. The fourth-order valence-electron chi connectivity index (χ4n) is 2.77. The molecule has 1 heterocycles. The van der Waals surface area contributed by atoms with E-state index in [4.69, 9.17) is 28.9 Å². The maximum atomic E-state index is 12.6. The Balaban J connectivity index is 1.71. The molecule has 0 aliphatic rings. The minimum atomic E-state index is -0.740. The fraction of sp³-hybridized carbons (Fsp3) is 0.0870. The van der Waals surface area contributed by atoms with Gasteiger partial charge in [-0.1, -0.05) is 85.1 Å². The van der Waals surface area contributed by atoms with Gasteiger partial charge in [0.05, 0.1) is 0 Å². The zero-order valence-electron chi connectivity index (χ0n) is 17.8. The lowest BCUT2D eigenvalue weighted by molar-refractivity contribution is 0.0826. The average molecular weight is 481 g/mol. The van der Waals surface area contributed by atoms with Crippen molar-refractivity contribution in [2.24, 2.45) is 0 Å². The molecular weight excluding hydrogens is 460 g/mol. The molecule has 0 saturated heterocycles. The molecule has 0 fully saturated rings. The number of hydrogen-bond donors (Lipinski definition) is 2. The van der Waals surface area contributed by atoms with E-state index in [9.17, 15) is 14.4 Å². The highest BCUT2D eigenvalue weighted by atomic mass is 32.1. The van der Waals surface area contributed by atoms with Gasteiger partial charge in [-0.15, -0.1) is 0 Å². The third kappa shape index (κ3) is 6.09. The predicted octanol–water partition coefficient (Wildman–Crippen LogP) is 2.54. The second-order valence-electron chi connectivity index (χ2n) is 6.86. The summed E-state index contributed by atoms with van der Waals surface area (Å²) >= 11 is 10.7. The van der Waals surface area contributed by atoms with Crippen LogP contribution in [0.5, 0.6) is 0 Å². The standard InChI is InChI=1S/C23H20N4O4S2/c1-26(22(32)15-9-5-3-6-10-15)24-20(29)18-13-17(28)14-19(31-18)21(30)25-27(2)23(33)16-11-7-4-8-12-16/h3-14H,1-2H3,(H,24,29)(H,25,30). The normalized spacial score (nSPS) is 10.1. The minimum absolute atomic E-state index is 0.344. The van der Waals surface area contributed by atoms with Crippen molar-refractivity contribution >= 4 is 46.2 Å². The summed E-state index contributed by atoms with van der Waals surface area (Å²) in [4.78, 5) is 38.1. The van der Waals surface area contributed by atoms with Gasteiger partial charge in [-0.25, -0.2) is 0 Å². The Morgan fingerprint density at radius 1 is 0.727 bits per heavy atom. The van der Waals surface area contributed by atoms with Crippen LogP contribution in [-0.4, -0.2) is 45.9 Å². The molecule has 1 aromatic heterocycles. The largest absolute Gasteiger partial charge is 0.445 e. The lowest BCUT2D eigenvalue weighted by atomic mass is 10.2. The van der Waals surface area contributed by atoms with Gasteiger partial charge < -0.3 is 4.42 Å². The lowest BCUT2D eigenvalue weighted by Gasteiger charge is -2.21. The number of carbonyl (C=O) groups excluding carboxylic acids is 2. The van der Waals surface area contributed by atoms with Crippen molar-refractivity contribution in [2.75, 3.05) is 14.1 Å². The molecule has 2 N–H and O–H groups in total. The molecular formula is C23H20N4O4S2. The summed E-state index contributed by atoms with van der Waals surface area (Å²) < 4.78 is 5.39. The molecule has 33 heavy (non-hydrogen) atoms. The summed E-state index contributed by atoms with van der Waals surface area (Å²) in [5, 5.41) is 2.65. The summed E-state index contributed by atoms with van der Waals surface area (Å²) in [7, 11) is 3.11. The number of thiocarbonyl (C=S) groups is 2. The van der Waals surface area contributed by atoms with Crippen LogP contribution in [-0.2, 0) is 0 Å². The maximum absolute atomic E-state index is 12.6. The van der Waals surface area contributed by atoms with Crippen molar-refractivity contribution in [3.63, 3.8) is 0 Å². The molecule has 10 heteroatoms. The van der Waals surface area contributed by atoms with E-state index in [1.807, 2.05) is 36.4 Å². The molecule has 0 saturated carbocycles. The third-order valence-corrected chi connectivity index (χ3v) is 5.42. The summed E-state index contributed by atoms with van der Waals surface area (Å²) in [6.07, 6.45) is 0. The van der Waals surface area contributed by atoms with Crippen LogP contribution in [0.2, 0.25) is 0 Å². The topological polar surface area (TPSA) is 94.9 Å². The zero-order chi connectivity index (χ0) is 24.0. The van der Waals surface area contributed by atoms with E-state index < -0.39 is 17.2 Å². The quantitative estimate of drug-likeness (QED) is 0.435. The van der Waals surface area contributed by atoms with E-state index in [0.717, 1.165) is 23.3 Å². The van der Waals surface area contributed by atoms with Gasteiger partial charge in [-0.2, -0.15) is 0 Å². The number of nitrogens with one attached hydrogen (secondary N) is 2. The minimum Gasteiger partial charge on any atom is -0.445 e. The number of nitrogens with zero attached hydrogens (tertiary/aromatic N) is 2. The van der Waals surface area contributed by atoms with Crippen LogP contribution in [0.1, 0.15) is 32.2 Å². The number of rotatable bonds is 4. The molecule has 3 rings (SSSR count). The number of hydrogen-bond acceptors (Lipinski definition) is 6. The molecule has 0 aliphatic carbocycles. The van der Waals surface area contributed by atoms with Crippen LogP contribution in [0.4, 0.5) is 0 Å². The van der Waals surface area contributed by atoms with Crippen molar-refractivity contribution in [2.45, 2.75) is 0 Å². The molecule has 2 aromatic carbocycles. The predicted molar refractivity (Wildman–Crippen MR) is 132 cm³/mol. The number of benzene rings is 2. The first-order chi connectivity index (χ1) is 15.8. The fourth-order valence-corrected chi connectivity index (χ4v) is 3.13. The average Bonchev–Trinajstić information content (AvgIpc) is 2.83. The molecule has 0 bridgehead atoms. The highest BCUT2D eigenvalue weighted by Crippen LogP contribution is 2.07. The molecule has 0 aliphatic heterocycles. The Kier molecular flexibility index (Phi) is 7.65. The highest BCUT2D eigenvalue weighted by molar-refractivity contribution is 7.80. The van der Waals surface area contributed by atoms with E-state index in [1.165, 1.54) is 10.0 Å². The summed E-state index contributed by atoms with van der Waals surface area (Å²) in [6, 6.07) is 20.1. The van der Waals surface area contributed by atoms with Gasteiger partial charge in [0.25, 0.3) is 0 Å². The van der Waals surface area contributed by atoms with Crippen LogP contribution >= 0.6 is 24.4 Å². The Bertz CT molecular complexity index is 1150. The number of hydrazine groups is 2. The van der Waals surface area contributed by atoms with E-state index in [2.05, 4.69) is 10.9 Å². The SMILES string of the molecule is CN(NC(=O)c1cc(=O)cc(C(=O)NN(C)C(=S)c2ccccc2)o1)C(=S)c1ccccc1. The lowest BCUT2D eigenvalue weighted by Crippen LogP contribution is -2.44. The molecule has 0 unspecified atom stereocenters. The van der Waals surface area contributed by atoms with Crippen molar-refractivity contribution in [3.05, 3.63) is 106 Å². The highest BCUT2D eigenvalue weighted by Gasteiger charge is 2.19. The molecule has 0 radical (unpaired) electrons. The van der Waals surface area contributed by atoms with Crippen LogP contribution in [0, 0.1) is 0 Å². The van der Waals surface area contributed by atoms with Gasteiger partial charge in [-0.05, 0) is 0 Å². The van der Waals surface area contributed by atoms with Gasteiger partial charge in [-0.3, -0.25) is 35.3 Å². The second-order valence-corrected chi connectivity index (χ2v) is 7.64. The van der Waals surface area contributed by atoms with Crippen molar-refractivity contribution in [1.29, 1.82) is 0 Å².